The number of halogens is 1. The maximum atomic E-state index is 13.0. The number of amides is 1. The quantitative estimate of drug-likeness (QED) is 0.890. The minimum Gasteiger partial charge on any atom is -0.334 e. The van der Waals surface area contributed by atoms with Gasteiger partial charge >= 0.3 is 0 Å². The number of nitrogens with zero attached hydrogens (tertiary/aromatic N) is 3. The second-order valence-electron chi connectivity index (χ2n) is 5.55. The highest BCUT2D eigenvalue weighted by molar-refractivity contribution is 5.92. The van der Waals surface area contributed by atoms with Crippen LogP contribution in [-0.4, -0.2) is 46.3 Å². The molecule has 23 heavy (non-hydrogen) atoms. The van der Waals surface area contributed by atoms with Gasteiger partial charge in [-0.25, -0.2) is 4.39 Å². The van der Waals surface area contributed by atoms with Gasteiger partial charge in [-0.1, -0.05) is 0 Å². The summed E-state index contributed by atoms with van der Waals surface area (Å²) in [6.45, 7) is 3.92. The molecule has 0 aliphatic carbocycles. The van der Waals surface area contributed by atoms with Gasteiger partial charge in [0.15, 0.2) is 0 Å². The smallest absolute Gasteiger partial charge is 0.274 e. The van der Waals surface area contributed by atoms with Crippen molar-refractivity contribution in [3.63, 3.8) is 0 Å². The van der Waals surface area contributed by atoms with Gasteiger partial charge in [0.2, 0.25) is 0 Å². The fraction of sp³-hybridized carbons (Fsp3) is 0.312. The number of hydrogen-bond donors (Lipinski definition) is 1. The van der Waals surface area contributed by atoms with Gasteiger partial charge in [0.25, 0.3) is 11.5 Å². The second-order valence-corrected chi connectivity index (χ2v) is 5.55. The first-order valence-electron chi connectivity index (χ1n) is 7.43. The standard InChI is InChI=1S/C16H17FN4O2/c1-11-10-20(9-8-18-11)16(23)14-6-7-15(22)21(19-14)13-4-2-12(17)3-5-13/h2-7,11,18H,8-10H2,1H3. The van der Waals surface area contributed by atoms with Crippen LogP contribution in [0.25, 0.3) is 5.69 Å². The summed E-state index contributed by atoms with van der Waals surface area (Å²) < 4.78 is 14.1. The van der Waals surface area contributed by atoms with E-state index in [9.17, 15) is 14.0 Å². The molecule has 0 spiro atoms. The third-order valence-electron chi connectivity index (χ3n) is 3.75. The first-order chi connectivity index (χ1) is 11.0. The first kappa shape index (κ1) is 15.4. The van der Waals surface area contributed by atoms with Crippen molar-refractivity contribution in [1.29, 1.82) is 0 Å². The lowest BCUT2D eigenvalue weighted by Crippen LogP contribution is -2.51. The molecule has 0 saturated carbocycles. The molecule has 0 bridgehead atoms. The molecule has 1 aliphatic rings. The molecule has 2 heterocycles. The highest BCUT2D eigenvalue weighted by atomic mass is 19.1. The Labute approximate surface area is 132 Å². The van der Waals surface area contributed by atoms with E-state index >= 15 is 0 Å². The van der Waals surface area contributed by atoms with Crippen LogP contribution < -0.4 is 10.9 Å². The van der Waals surface area contributed by atoms with Gasteiger partial charge in [0, 0.05) is 31.7 Å². The molecule has 1 aliphatic heterocycles. The van der Waals surface area contributed by atoms with E-state index in [1.807, 2.05) is 6.92 Å². The Morgan fingerprint density at radius 1 is 1.26 bits per heavy atom. The van der Waals surface area contributed by atoms with E-state index in [0.717, 1.165) is 11.2 Å². The molecular formula is C16H17FN4O2. The average Bonchev–Trinajstić information content (AvgIpc) is 2.55. The first-order valence-corrected chi connectivity index (χ1v) is 7.43. The SMILES string of the molecule is CC1CN(C(=O)c2ccc(=O)n(-c3ccc(F)cc3)n2)CCN1. The van der Waals surface area contributed by atoms with E-state index in [0.29, 0.717) is 18.8 Å². The minimum absolute atomic E-state index is 0.197. The summed E-state index contributed by atoms with van der Waals surface area (Å²) in [6, 6.07) is 8.34. The van der Waals surface area contributed by atoms with E-state index in [1.165, 1.54) is 36.4 Å². The lowest BCUT2D eigenvalue weighted by molar-refractivity contribution is 0.0701. The molecule has 1 unspecified atom stereocenters. The zero-order chi connectivity index (χ0) is 16.4. The fourth-order valence-electron chi connectivity index (χ4n) is 2.57. The summed E-state index contributed by atoms with van der Waals surface area (Å²) >= 11 is 0. The molecule has 2 aromatic rings. The lowest BCUT2D eigenvalue weighted by Gasteiger charge is -2.31. The Hall–Kier alpha value is -2.54. The average molecular weight is 316 g/mol. The van der Waals surface area contributed by atoms with Crippen molar-refractivity contribution < 1.29 is 9.18 Å². The third kappa shape index (κ3) is 3.29. The number of benzene rings is 1. The Bertz CT molecular complexity index is 772. The van der Waals surface area contributed by atoms with Crippen LogP contribution in [0.4, 0.5) is 4.39 Å². The third-order valence-corrected chi connectivity index (χ3v) is 3.75. The Kier molecular flexibility index (Phi) is 4.20. The second kappa shape index (κ2) is 6.29. The Morgan fingerprint density at radius 3 is 2.70 bits per heavy atom. The summed E-state index contributed by atoms with van der Waals surface area (Å²) in [5.41, 5.74) is 0.240. The lowest BCUT2D eigenvalue weighted by atomic mass is 10.2. The molecule has 1 amide bonds. The molecule has 1 aromatic heterocycles. The molecule has 1 N–H and O–H groups in total. The van der Waals surface area contributed by atoms with Gasteiger partial charge < -0.3 is 10.2 Å². The van der Waals surface area contributed by atoms with Gasteiger partial charge in [-0.2, -0.15) is 9.78 Å². The minimum atomic E-state index is -0.399. The molecule has 1 fully saturated rings. The summed E-state index contributed by atoms with van der Waals surface area (Å²) in [5.74, 6) is -0.613. The molecule has 0 radical (unpaired) electrons. The van der Waals surface area contributed by atoms with Crippen LogP contribution in [0.15, 0.2) is 41.2 Å². The molecule has 6 nitrogen and oxygen atoms in total. The Balaban J connectivity index is 1.92. The molecule has 1 saturated heterocycles. The van der Waals surface area contributed by atoms with Crippen molar-refractivity contribution in [3.05, 3.63) is 58.3 Å². The fourth-order valence-corrected chi connectivity index (χ4v) is 2.57. The summed E-state index contributed by atoms with van der Waals surface area (Å²) in [5, 5.41) is 7.41. The number of carbonyl (C=O) groups excluding carboxylic acids is 1. The predicted octanol–water partition coefficient (Wildman–Crippen LogP) is 0.806. The summed E-state index contributed by atoms with van der Waals surface area (Å²) in [6.07, 6.45) is 0. The molecule has 7 heteroatoms. The summed E-state index contributed by atoms with van der Waals surface area (Å²) in [4.78, 5) is 26.2. The predicted molar refractivity (Wildman–Crippen MR) is 83.2 cm³/mol. The molecule has 1 aromatic carbocycles. The normalized spacial score (nSPS) is 18.0. The van der Waals surface area contributed by atoms with E-state index in [1.54, 1.807) is 4.90 Å². The highest BCUT2D eigenvalue weighted by Gasteiger charge is 2.23. The molecular weight excluding hydrogens is 299 g/mol. The van der Waals surface area contributed by atoms with E-state index in [-0.39, 0.29) is 23.2 Å². The van der Waals surface area contributed by atoms with Gasteiger partial charge in [0.05, 0.1) is 5.69 Å². The number of rotatable bonds is 2. The van der Waals surface area contributed by atoms with Gasteiger partial charge in [-0.05, 0) is 37.3 Å². The van der Waals surface area contributed by atoms with E-state index < -0.39 is 5.82 Å². The van der Waals surface area contributed by atoms with Crippen molar-refractivity contribution in [2.45, 2.75) is 13.0 Å². The largest absolute Gasteiger partial charge is 0.334 e. The number of aromatic nitrogens is 2. The van der Waals surface area contributed by atoms with E-state index in [2.05, 4.69) is 10.4 Å². The zero-order valence-corrected chi connectivity index (χ0v) is 12.7. The van der Waals surface area contributed by atoms with Crippen molar-refractivity contribution in [3.8, 4) is 5.69 Å². The van der Waals surface area contributed by atoms with Crippen LogP contribution in [0.3, 0.4) is 0 Å². The van der Waals surface area contributed by atoms with Crippen LogP contribution in [0.1, 0.15) is 17.4 Å². The maximum Gasteiger partial charge on any atom is 0.274 e. The zero-order valence-electron chi connectivity index (χ0n) is 12.7. The number of nitrogens with one attached hydrogen (secondary N) is 1. The number of hydrogen-bond acceptors (Lipinski definition) is 4. The summed E-state index contributed by atoms with van der Waals surface area (Å²) in [7, 11) is 0. The van der Waals surface area contributed by atoms with Crippen LogP contribution >= 0.6 is 0 Å². The van der Waals surface area contributed by atoms with Crippen LogP contribution in [0.2, 0.25) is 0 Å². The van der Waals surface area contributed by atoms with Gasteiger partial charge in [-0.3, -0.25) is 9.59 Å². The van der Waals surface area contributed by atoms with Crippen molar-refractivity contribution in [1.82, 2.24) is 20.0 Å². The van der Waals surface area contributed by atoms with Gasteiger partial charge in [0.1, 0.15) is 11.5 Å². The van der Waals surface area contributed by atoms with Crippen LogP contribution in [0.5, 0.6) is 0 Å². The van der Waals surface area contributed by atoms with E-state index in [4.69, 9.17) is 0 Å². The van der Waals surface area contributed by atoms with Crippen LogP contribution in [0, 0.1) is 5.82 Å². The molecule has 120 valence electrons. The maximum absolute atomic E-state index is 13.0. The van der Waals surface area contributed by atoms with Crippen molar-refractivity contribution in [2.24, 2.45) is 0 Å². The highest BCUT2D eigenvalue weighted by Crippen LogP contribution is 2.08. The Morgan fingerprint density at radius 2 is 2.00 bits per heavy atom. The topological polar surface area (TPSA) is 67.2 Å². The number of carbonyl (C=O) groups is 1. The van der Waals surface area contributed by atoms with Crippen molar-refractivity contribution in [2.75, 3.05) is 19.6 Å². The molecule has 3 rings (SSSR count). The van der Waals surface area contributed by atoms with Crippen LogP contribution in [-0.2, 0) is 0 Å². The number of piperazine rings is 1. The monoisotopic (exact) mass is 316 g/mol. The van der Waals surface area contributed by atoms with Crippen molar-refractivity contribution >= 4 is 5.91 Å². The van der Waals surface area contributed by atoms with Gasteiger partial charge in [-0.15, -0.1) is 0 Å². The molecule has 1 atom stereocenters.